The summed E-state index contributed by atoms with van der Waals surface area (Å²) in [6.45, 7) is 5.62. The van der Waals surface area contributed by atoms with Crippen molar-refractivity contribution in [3.05, 3.63) is 64.3 Å². The lowest BCUT2D eigenvalue weighted by molar-refractivity contribution is -0.122. The fourth-order valence-electron chi connectivity index (χ4n) is 6.10. The van der Waals surface area contributed by atoms with Crippen LogP contribution in [0.15, 0.2) is 40.9 Å². The number of anilines is 1. The van der Waals surface area contributed by atoms with Gasteiger partial charge in [-0.2, -0.15) is 0 Å². The number of nitrogens with zero attached hydrogens (tertiary/aromatic N) is 3. The molecule has 5 aromatic rings. The highest BCUT2D eigenvalue weighted by atomic mass is 35.5. The number of fused-ring (bicyclic) bond motifs is 3. The molecule has 10 nitrogen and oxygen atoms in total. The van der Waals surface area contributed by atoms with Crippen LogP contribution in [0.1, 0.15) is 61.0 Å². The van der Waals surface area contributed by atoms with E-state index in [9.17, 15) is 9.90 Å². The predicted molar refractivity (Wildman–Crippen MR) is 166 cm³/mol. The van der Waals surface area contributed by atoms with Crippen molar-refractivity contribution in [2.24, 2.45) is 0 Å². The number of amides is 1. The van der Waals surface area contributed by atoms with Crippen molar-refractivity contribution < 1.29 is 19.2 Å². The number of aryl methyl sites for hydroxylation is 3. The molecule has 0 unspecified atom stereocenters. The first-order valence-corrected chi connectivity index (χ1v) is 14.9. The molecule has 43 heavy (non-hydrogen) atoms. The van der Waals surface area contributed by atoms with Crippen LogP contribution in [-0.4, -0.2) is 50.4 Å². The molecule has 1 atom stereocenters. The number of halogens is 1. The van der Waals surface area contributed by atoms with Crippen LogP contribution in [0.3, 0.4) is 0 Å². The van der Waals surface area contributed by atoms with Gasteiger partial charge in [-0.05, 0) is 76.3 Å². The van der Waals surface area contributed by atoms with Gasteiger partial charge in [0.15, 0.2) is 0 Å². The average Bonchev–Trinajstić information content (AvgIpc) is 3.50. The second kappa shape index (κ2) is 11.9. The maximum absolute atomic E-state index is 13.3. The maximum Gasteiger partial charge on any atom is 0.222 e. The quantitative estimate of drug-likeness (QED) is 0.162. The highest BCUT2D eigenvalue weighted by molar-refractivity contribution is 6.30. The summed E-state index contributed by atoms with van der Waals surface area (Å²) in [7, 11) is 1.64. The largest absolute Gasteiger partial charge is 0.496 e. The lowest BCUT2D eigenvalue weighted by Crippen LogP contribution is -2.39. The van der Waals surface area contributed by atoms with Crippen LogP contribution < -0.4 is 15.4 Å². The second-order valence-electron chi connectivity index (χ2n) is 11.3. The molecule has 11 heteroatoms. The SMILES string of the molecule is COc1cc2c(cc1-c1c(C)noc1C)[nH]c1nc(C)nc(N[C@H](CC(=O)N[C@H]3CC[C@H](O)CC3)c3cccc(Cl)c3)c12. The number of hydrogen-bond donors (Lipinski definition) is 4. The number of benzene rings is 2. The van der Waals surface area contributed by atoms with Crippen molar-refractivity contribution in [1.82, 2.24) is 25.4 Å². The van der Waals surface area contributed by atoms with E-state index in [1.54, 1.807) is 7.11 Å². The van der Waals surface area contributed by atoms with Crippen molar-refractivity contribution in [2.45, 2.75) is 71.1 Å². The third-order valence-electron chi connectivity index (χ3n) is 8.20. The molecule has 1 amide bonds. The Kier molecular flexibility index (Phi) is 7.98. The molecule has 2 aromatic carbocycles. The first-order valence-electron chi connectivity index (χ1n) is 14.5. The van der Waals surface area contributed by atoms with Gasteiger partial charge in [-0.1, -0.05) is 28.9 Å². The van der Waals surface area contributed by atoms with Crippen LogP contribution in [0.4, 0.5) is 5.82 Å². The molecule has 3 heterocycles. The Balaban J connectivity index is 1.40. The molecule has 1 aliphatic carbocycles. The van der Waals surface area contributed by atoms with E-state index >= 15 is 0 Å². The number of rotatable bonds is 8. The van der Waals surface area contributed by atoms with Crippen LogP contribution >= 0.6 is 11.6 Å². The first-order chi connectivity index (χ1) is 20.7. The third-order valence-corrected chi connectivity index (χ3v) is 8.43. The Bertz CT molecular complexity index is 1790. The number of carbonyl (C=O) groups excluding carboxylic acids is 1. The minimum Gasteiger partial charge on any atom is -0.496 e. The van der Waals surface area contributed by atoms with Gasteiger partial charge in [-0.3, -0.25) is 4.79 Å². The van der Waals surface area contributed by atoms with E-state index in [1.807, 2.05) is 57.2 Å². The fraction of sp³-hybridized carbons (Fsp3) is 0.375. The van der Waals surface area contributed by atoms with Gasteiger partial charge in [0.1, 0.15) is 28.8 Å². The summed E-state index contributed by atoms with van der Waals surface area (Å²) in [5, 5.41) is 23.0. The fourth-order valence-corrected chi connectivity index (χ4v) is 6.30. The lowest BCUT2D eigenvalue weighted by atomic mass is 9.93. The van der Waals surface area contributed by atoms with E-state index in [4.69, 9.17) is 30.8 Å². The van der Waals surface area contributed by atoms with E-state index in [2.05, 4.69) is 20.8 Å². The Hall–Kier alpha value is -4.15. The molecule has 0 radical (unpaired) electrons. The van der Waals surface area contributed by atoms with Crippen LogP contribution in [0.25, 0.3) is 33.1 Å². The molecular formula is C32H35ClN6O4. The molecule has 1 saturated carbocycles. The lowest BCUT2D eigenvalue weighted by Gasteiger charge is -2.27. The zero-order valence-electron chi connectivity index (χ0n) is 24.6. The van der Waals surface area contributed by atoms with Crippen LogP contribution in [0.2, 0.25) is 5.02 Å². The minimum absolute atomic E-state index is 0.0527. The Labute approximate surface area is 254 Å². The Morgan fingerprint density at radius 2 is 1.95 bits per heavy atom. The zero-order valence-corrected chi connectivity index (χ0v) is 25.4. The Morgan fingerprint density at radius 3 is 2.65 bits per heavy atom. The van der Waals surface area contributed by atoms with Gasteiger partial charge in [-0.25, -0.2) is 9.97 Å². The number of nitrogens with one attached hydrogen (secondary N) is 3. The average molecular weight is 603 g/mol. The summed E-state index contributed by atoms with van der Waals surface area (Å²) in [5.41, 5.74) is 4.90. The van der Waals surface area contributed by atoms with Crippen molar-refractivity contribution in [1.29, 1.82) is 0 Å². The van der Waals surface area contributed by atoms with E-state index < -0.39 is 6.04 Å². The third kappa shape index (κ3) is 5.89. The van der Waals surface area contributed by atoms with Crippen LogP contribution in [0.5, 0.6) is 5.75 Å². The van der Waals surface area contributed by atoms with Crippen molar-refractivity contribution >= 4 is 45.3 Å². The number of aromatic nitrogens is 4. The number of H-pyrrole nitrogens is 1. The highest BCUT2D eigenvalue weighted by Gasteiger charge is 2.25. The molecule has 0 spiro atoms. The van der Waals surface area contributed by atoms with Gasteiger partial charge in [0.2, 0.25) is 5.91 Å². The molecule has 4 N–H and O–H groups in total. The van der Waals surface area contributed by atoms with E-state index in [1.165, 1.54) is 0 Å². The van der Waals surface area contributed by atoms with E-state index in [0.717, 1.165) is 51.5 Å². The summed E-state index contributed by atoms with van der Waals surface area (Å²) in [4.78, 5) is 26.3. The van der Waals surface area contributed by atoms with Crippen molar-refractivity contribution in [3.63, 3.8) is 0 Å². The number of hydrogen-bond acceptors (Lipinski definition) is 8. The number of methoxy groups -OCH3 is 1. The summed E-state index contributed by atoms with van der Waals surface area (Å²) in [6.07, 6.45) is 2.81. The van der Waals surface area contributed by atoms with E-state index in [-0.39, 0.29) is 24.5 Å². The molecule has 1 fully saturated rings. The molecular weight excluding hydrogens is 568 g/mol. The predicted octanol–water partition coefficient (Wildman–Crippen LogP) is 6.32. The normalized spacial score (nSPS) is 17.7. The summed E-state index contributed by atoms with van der Waals surface area (Å²) >= 11 is 6.38. The van der Waals surface area contributed by atoms with E-state index in [0.29, 0.717) is 46.7 Å². The minimum atomic E-state index is -0.418. The molecule has 1 aliphatic rings. The standard InChI is InChI=1S/C32H35ClN6O4/c1-16-29(17(2)43-39-16)24-13-26-23(14-27(24)42-4)30-31(34-18(3)35-32(30)38-26)37-25(19-6-5-7-20(33)12-19)15-28(41)36-21-8-10-22(40)11-9-21/h5-7,12-14,21-22,25,40H,8-11,15H2,1-4H3,(H,36,41)(H2,34,35,37,38)/t21-,22-,25-/m1/s1. The molecule has 224 valence electrons. The highest BCUT2D eigenvalue weighted by Crippen LogP contribution is 2.41. The smallest absolute Gasteiger partial charge is 0.222 e. The Morgan fingerprint density at radius 1 is 1.16 bits per heavy atom. The first kappa shape index (κ1) is 28.9. The van der Waals surface area contributed by atoms with Crippen molar-refractivity contribution in [2.75, 3.05) is 12.4 Å². The van der Waals surface area contributed by atoms with Gasteiger partial charge in [0, 0.05) is 27.5 Å². The second-order valence-corrected chi connectivity index (χ2v) is 11.7. The van der Waals surface area contributed by atoms with Gasteiger partial charge in [-0.15, -0.1) is 0 Å². The number of ether oxygens (including phenoxy) is 1. The van der Waals surface area contributed by atoms with Gasteiger partial charge >= 0.3 is 0 Å². The zero-order chi connectivity index (χ0) is 30.2. The summed E-state index contributed by atoms with van der Waals surface area (Å²) < 4.78 is 11.3. The number of aliphatic hydroxyl groups excluding tert-OH is 1. The molecule has 0 aliphatic heterocycles. The topological polar surface area (TPSA) is 138 Å². The maximum atomic E-state index is 13.3. The number of aliphatic hydroxyl groups is 1. The van der Waals surface area contributed by atoms with Gasteiger partial charge < -0.3 is 30.0 Å². The van der Waals surface area contributed by atoms with Gasteiger partial charge in [0.05, 0.1) is 42.3 Å². The molecule has 0 bridgehead atoms. The molecule has 3 aromatic heterocycles. The molecule has 0 saturated heterocycles. The number of carbonyl (C=O) groups is 1. The monoisotopic (exact) mass is 602 g/mol. The number of aromatic amines is 1. The van der Waals surface area contributed by atoms with Gasteiger partial charge in [0.25, 0.3) is 0 Å². The van der Waals surface area contributed by atoms with Crippen LogP contribution in [-0.2, 0) is 4.79 Å². The van der Waals surface area contributed by atoms with Crippen molar-refractivity contribution in [3.8, 4) is 16.9 Å². The summed E-state index contributed by atoms with van der Waals surface area (Å²) in [5.74, 6) is 2.47. The molecule has 6 rings (SSSR count). The van der Waals surface area contributed by atoms with Crippen LogP contribution in [0, 0.1) is 20.8 Å². The summed E-state index contributed by atoms with van der Waals surface area (Å²) in [6, 6.07) is 11.1.